The summed E-state index contributed by atoms with van der Waals surface area (Å²) in [6, 6.07) is 0. The van der Waals surface area contributed by atoms with E-state index in [0.29, 0.717) is 0 Å². The first-order valence-electron chi connectivity index (χ1n) is 2.15. The van der Waals surface area contributed by atoms with Crippen molar-refractivity contribution in [2.24, 2.45) is 0 Å². The number of carbonyl (C=O) groups is 1. The number of halogens is 1. The van der Waals surface area contributed by atoms with Crippen LogP contribution in [0, 0.1) is 0 Å². The van der Waals surface area contributed by atoms with Crippen molar-refractivity contribution in [3.8, 4) is 0 Å². The van der Waals surface area contributed by atoms with Crippen molar-refractivity contribution < 1.29 is 9.53 Å². The minimum Gasteiger partial charge on any atom is -0.435 e. The van der Waals surface area contributed by atoms with Crippen LogP contribution in [0.5, 0.6) is 0 Å². The molecule has 0 atom stereocenters. The van der Waals surface area contributed by atoms with Crippen LogP contribution in [0.2, 0.25) is 0 Å². The summed E-state index contributed by atoms with van der Waals surface area (Å²) >= 11 is 2.16. The van der Waals surface area contributed by atoms with Gasteiger partial charge >= 0.3 is 5.97 Å². The van der Waals surface area contributed by atoms with Crippen molar-refractivity contribution in [3.63, 3.8) is 0 Å². The van der Waals surface area contributed by atoms with E-state index in [-0.39, 0.29) is 5.97 Å². The maximum absolute atomic E-state index is 10.0. The van der Waals surface area contributed by atoms with Crippen molar-refractivity contribution in [2.45, 2.75) is 6.92 Å². The number of ether oxygens (including phenoxy) is 1. The molecule has 0 fully saturated rings. The van der Waals surface area contributed by atoms with Crippen molar-refractivity contribution in [1.29, 1.82) is 0 Å². The van der Waals surface area contributed by atoms with Crippen LogP contribution in [0.1, 0.15) is 6.92 Å². The molecule has 0 bridgehead atoms. The van der Waals surface area contributed by atoms with Crippen molar-refractivity contribution in [3.05, 3.63) is 12.3 Å². The molecule has 2 nitrogen and oxygen atoms in total. The van der Waals surface area contributed by atoms with Gasteiger partial charge in [0, 0.05) is 11.4 Å². The fraction of sp³-hybridized carbons (Fsp3) is 0.400. The molecular formula is C5H7IO2. The van der Waals surface area contributed by atoms with Crippen molar-refractivity contribution >= 4 is 28.6 Å². The minimum absolute atomic E-state index is 0.272. The Bertz CT molecular complexity index is 98.6. The molecule has 0 radical (unpaired) electrons. The van der Waals surface area contributed by atoms with Crippen molar-refractivity contribution in [2.75, 3.05) is 4.43 Å². The molecule has 0 aliphatic heterocycles. The fourth-order valence-electron chi connectivity index (χ4n) is 0.180. The lowest BCUT2D eigenvalue weighted by atomic mass is 10.7. The zero-order valence-electron chi connectivity index (χ0n) is 4.56. The smallest absolute Gasteiger partial charge is 0.307 e. The molecule has 0 saturated carbocycles. The molecule has 0 rings (SSSR count). The van der Waals surface area contributed by atoms with Crippen LogP contribution in [0.4, 0.5) is 0 Å². The Labute approximate surface area is 62.0 Å². The summed E-state index contributed by atoms with van der Waals surface area (Å²) in [6.45, 7) is 1.37. The highest BCUT2D eigenvalue weighted by atomic mass is 127. The van der Waals surface area contributed by atoms with Crippen LogP contribution in [0.3, 0.4) is 0 Å². The lowest BCUT2D eigenvalue weighted by Gasteiger charge is -1.86. The number of allylic oxidation sites excluding steroid dienone is 1. The summed E-state index contributed by atoms with van der Waals surface area (Å²) in [7, 11) is 0. The summed E-state index contributed by atoms with van der Waals surface area (Å²) in [6.07, 6.45) is 3.16. The fourth-order valence-corrected chi connectivity index (χ4v) is 0.388. The molecular weight excluding hydrogens is 219 g/mol. The topological polar surface area (TPSA) is 26.3 Å². The van der Waals surface area contributed by atoms with E-state index >= 15 is 0 Å². The second-order valence-electron chi connectivity index (χ2n) is 1.14. The number of esters is 1. The average Bonchev–Trinajstić information content (AvgIpc) is 1.66. The largest absolute Gasteiger partial charge is 0.435 e. The number of hydrogen-bond donors (Lipinski definition) is 0. The second-order valence-corrected chi connectivity index (χ2v) is 2.02. The van der Waals surface area contributed by atoms with Crippen LogP contribution in [0.25, 0.3) is 0 Å². The predicted octanol–water partition coefficient (Wildman–Crippen LogP) is 1.50. The summed E-state index contributed by atoms with van der Waals surface area (Å²) in [5, 5.41) is 0. The first kappa shape index (κ1) is 7.94. The summed E-state index contributed by atoms with van der Waals surface area (Å²) in [4.78, 5) is 10.0. The Morgan fingerprint density at radius 2 is 2.50 bits per heavy atom. The van der Waals surface area contributed by atoms with E-state index < -0.39 is 0 Å². The second kappa shape index (κ2) is 5.08. The summed E-state index contributed by atoms with van der Waals surface area (Å²) in [5.74, 6) is -0.272. The van der Waals surface area contributed by atoms with E-state index in [2.05, 4.69) is 27.3 Å². The van der Waals surface area contributed by atoms with Crippen LogP contribution in [0.15, 0.2) is 12.3 Å². The monoisotopic (exact) mass is 226 g/mol. The molecule has 0 aromatic carbocycles. The molecule has 3 heteroatoms. The van der Waals surface area contributed by atoms with E-state index in [1.807, 2.05) is 0 Å². The number of rotatable bonds is 2. The van der Waals surface area contributed by atoms with E-state index in [9.17, 15) is 4.79 Å². The first-order valence-corrected chi connectivity index (χ1v) is 3.68. The highest BCUT2D eigenvalue weighted by Gasteiger charge is 1.81. The van der Waals surface area contributed by atoms with Gasteiger partial charge < -0.3 is 4.74 Å². The molecule has 0 aromatic rings. The van der Waals surface area contributed by atoms with Gasteiger partial charge in [-0.1, -0.05) is 22.6 Å². The highest BCUT2D eigenvalue weighted by Crippen LogP contribution is 1.83. The van der Waals surface area contributed by atoms with Gasteiger partial charge in [0.2, 0.25) is 0 Å². The summed E-state index contributed by atoms with van der Waals surface area (Å²) in [5.41, 5.74) is 0. The SMILES string of the molecule is CC(=O)O/C=C/CI. The average molecular weight is 226 g/mol. The van der Waals surface area contributed by atoms with E-state index in [1.165, 1.54) is 13.2 Å². The minimum atomic E-state index is -0.272. The Morgan fingerprint density at radius 3 is 2.88 bits per heavy atom. The van der Waals surface area contributed by atoms with Gasteiger partial charge in [0.25, 0.3) is 0 Å². The van der Waals surface area contributed by atoms with Gasteiger partial charge in [-0.25, -0.2) is 0 Å². The molecule has 0 heterocycles. The highest BCUT2D eigenvalue weighted by molar-refractivity contribution is 14.1. The quantitative estimate of drug-likeness (QED) is 0.308. The number of hydrogen-bond acceptors (Lipinski definition) is 2. The molecule has 0 amide bonds. The summed E-state index contributed by atoms with van der Waals surface area (Å²) < 4.78 is 5.32. The number of alkyl halides is 1. The standard InChI is InChI=1S/C5H7IO2/c1-5(7)8-4-2-3-6/h2,4H,3H2,1H3/b4-2+. The molecule has 0 spiro atoms. The maximum Gasteiger partial charge on any atom is 0.307 e. The van der Waals surface area contributed by atoms with Gasteiger partial charge in [-0.05, 0) is 6.08 Å². The molecule has 0 saturated heterocycles. The normalized spacial score (nSPS) is 9.75. The molecule has 0 aliphatic carbocycles. The van der Waals surface area contributed by atoms with Crippen LogP contribution in [-0.2, 0) is 9.53 Å². The maximum atomic E-state index is 10.0. The Balaban J connectivity index is 3.16. The third kappa shape index (κ3) is 5.94. The predicted molar refractivity (Wildman–Crippen MR) is 39.8 cm³/mol. The number of carbonyl (C=O) groups excluding carboxylic acids is 1. The third-order valence-electron chi connectivity index (χ3n) is 0.419. The van der Waals surface area contributed by atoms with Gasteiger partial charge in [-0.2, -0.15) is 0 Å². The van der Waals surface area contributed by atoms with Crippen molar-refractivity contribution in [1.82, 2.24) is 0 Å². The molecule has 0 aromatic heterocycles. The van der Waals surface area contributed by atoms with Gasteiger partial charge in [0.15, 0.2) is 0 Å². The lowest BCUT2D eigenvalue weighted by molar-refractivity contribution is -0.135. The van der Waals surface area contributed by atoms with Gasteiger partial charge in [-0.15, -0.1) is 0 Å². The molecule has 0 aliphatic rings. The van der Waals surface area contributed by atoms with Crippen LogP contribution >= 0.6 is 22.6 Å². The zero-order valence-corrected chi connectivity index (χ0v) is 6.71. The Hall–Kier alpha value is -0.0600. The van der Waals surface area contributed by atoms with E-state index in [4.69, 9.17) is 0 Å². The van der Waals surface area contributed by atoms with Gasteiger partial charge in [0.05, 0.1) is 6.26 Å². The van der Waals surface area contributed by atoms with Crippen LogP contribution < -0.4 is 0 Å². The third-order valence-corrected chi connectivity index (χ3v) is 0.928. The molecule has 0 unspecified atom stereocenters. The van der Waals surface area contributed by atoms with Crippen LogP contribution in [-0.4, -0.2) is 10.4 Å². The van der Waals surface area contributed by atoms with E-state index in [0.717, 1.165) is 4.43 Å². The van der Waals surface area contributed by atoms with E-state index in [1.54, 1.807) is 6.08 Å². The van der Waals surface area contributed by atoms with Gasteiger partial charge in [0.1, 0.15) is 0 Å². The molecule has 0 N–H and O–H groups in total. The zero-order chi connectivity index (χ0) is 6.41. The molecule has 8 heavy (non-hydrogen) atoms. The first-order chi connectivity index (χ1) is 3.77. The van der Waals surface area contributed by atoms with Gasteiger partial charge in [-0.3, -0.25) is 4.79 Å². The lowest BCUT2D eigenvalue weighted by Crippen LogP contribution is -1.88. The molecule has 46 valence electrons. The Morgan fingerprint density at radius 1 is 1.88 bits per heavy atom. The Kier molecular flexibility index (Phi) is 5.05.